The molecule has 1 amide bonds. The quantitative estimate of drug-likeness (QED) is 0.820. The maximum absolute atomic E-state index is 11.6. The van der Waals surface area contributed by atoms with Gasteiger partial charge in [0.1, 0.15) is 5.76 Å². The van der Waals surface area contributed by atoms with Crippen molar-refractivity contribution in [2.75, 3.05) is 12.3 Å². The maximum atomic E-state index is 11.6. The Bertz CT molecular complexity index is 372. The molecule has 1 aliphatic carbocycles. The lowest BCUT2D eigenvalue weighted by Gasteiger charge is -2.08. The highest BCUT2D eigenvalue weighted by Gasteiger charge is 2.15. The van der Waals surface area contributed by atoms with Gasteiger partial charge in [-0.3, -0.25) is 4.79 Å². The number of aryl methyl sites for hydroxylation is 1. The van der Waals surface area contributed by atoms with E-state index in [9.17, 15) is 4.79 Å². The van der Waals surface area contributed by atoms with Crippen molar-refractivity contribution >= 4 is 17.7 Å². The van der Waals surface area contributed by atoms with Crippen molar-refractivity contribution in [3.63, 3.8) is 0 Å². The predicted molar refractivity (Wildman–Crippen MR) is 68.3 cm³/mol. The second-order valence-corrected chi connectivity index (χ2v) is 5.76. The minimum atomic E-state index is -0.145. The zero-order valence-electron chi connectivity index (χ0n) is 10.1. The Balaban J connectivity index is 1.63. The molecule has 1 heterocycles. The number of nitrogens with zero attached hydrogens (tertiary/aromatic N) is 1. The second-order valence-electron chi connectivity index (χ2n) is 4.36. The molecule has 1 aromatic rings. The topological polar surface area (TPSA) is 55.1 Å². The number of hydrogen-bond acceptors (Lipinski definition) is 4. The van der Waals surface area contributed by atoms with Crippen LogP contribution in [0, 0.1) is 6.92 Å². The van der Waals surface area contributed by atoms with Crippen LogP contribution in [0.5, 0.6) is 0 Å². The van der Waals surface area contributed by atoms with E-state index in [2.05, 4.69) is 10.5 Å². The first-order valence-electron chi connectivity index (χ1n) is 6.09. The van der Waals surface area contributed by atoms with Gasteiger partial charge in [-0.1, -0.05) is 18.0 Å². The van der Waals surface area contributed by atoms with Crippen LogP contribution in [0.25, 0.3) is 0 Å². The summed E-state index contributed by atoms with van der Waals surface area (Å²) in [6.45, 7) is 2.48. The molecule has 1 aliphatic rings. The minimum Gasteiger partial charge on any atom is -0.361 e. The minimum absolute atomic E-state index is 0.145. The van der Waals surface area contributed by atoms with Crippen molar-refractivity contribution in [3.05, 3.63) is 17.5 Å². The Kier molecular flexibility index (Phi) is 4.48. The van der Waals surface area contributed by atoms with E-state index in [-0.39, 0.29) is 5.91 Å². The largest absolute Gasteiger partial charge is 0.361 e. The van der Waals surface area contributed by atoms with Crippen molar-refractivity contribution < 1.29 is 9.32 Å². The zero-order valence-corrected chi connectivity index (χ0v) is 10.9. The molecule has 0 radical (unpaired) electrons. The van der Waals surface area contributed by atoms with Crippen molar-refractivity contribution in [2.45, 2.75) is 37.9 Å². The number of thioether (sulfide) groups is 1. The lowest BCUT2D eigenvalue weighted by Crippen LogP contribution is -2.26. The third-order valence-electron chi connectivity index (χ3n) is 2.90. The predicted octanol–water partition coefficient (Wildman–Crippen LogP) is 2.39. The highest BCUT2D eigenvalue weighted by molar-refractivity contribution is 7.99. The summed E-state index contributed by atoms with van der Waals surface area (Å²) in [5.74, 6) is 1.50. The van der Waals surface area contributed by atoms with Crippen LogP contribution in [0.2, 0.25) is 0 Å². The van der Waals surface area contributed by atoms with Crippen LogP contribution < -0.4 is 5.32 Å². The summed E-state index contributed by atoms with van der Waals surface area (Å²) in [6.07, 6.45) is 5.40. The summed E-state index contributed by atoms with van der Waals surface area (Å²) in [6, 6.07) is 1.65. The Morgan fingerprint density at radius 2 is 2.35 bits per heavy atom. The van der Waals surface area contributed by atoms with E-state index in [1.54, 1.807) is 13.0 Å². The summed E-state index contributed by atoms with van der Waals surface area (Å²) in [5.41, 5.74) is 0.369. The fourth-order valence-electron chi connectivity index (χ4n) is 2.01. The average molecular weight is 254 g/mol. The molecule has 5 heteroatoms. The monoisotopic (exact) mass is 254 g/mol. The van der Waals surface area contributed by atoms with Crippen LogP contribution in [0.4, 0.5) is 0 Å². The Morgan fingerprint density at radius 3 is 3.00 bits per heavy atom. The van der Waals surface area contributed by atoms with Gasteiger partial charge < -0.3 is 9.84 Å². The fourth-order valence-corrected chi connectivity index (χ4v) is 3.23. The number of hydrogen-bond donors (Lipinski definition) is 1. The van der Waals surface area contributed by atoms with Crippen molar-refractivity contribution in [3.8, 4) is 0 Å². The summed E-state index contributed by atoms with van der Waals surface area (Å²) in [4.78, 5) is 11.6. The summed E-state index contributed by atoms with van der Waals surface area (Å²) >= 11 is 1.97. The van der Waals surface area contributed by atoms with Gasteiger partial charge in [-0.15, -0.1) is 0 Å². The van der Waals surface area contributed by atoms with Crippen molar-refractivity contribution in [1.29, 1.82) is 0 Å². The maximum Gasteiger partial charge on any atom is 0.273 e. The van der Waals surface area contributed by atoms with Crippen LogP contribution in [0.15, 0.2) is 10.6 Å². The molecule has 0 unspecified atom stereocenters. The number of carbonyl (C=O) groups is 1. The van der Waals surface area contributed by atoms with Crippen LogP contribution in [-0.4, -0.2) is 28.6 Å². The molecule has 17 heavy (non-hydrogen) atoms. The van der Waals surface area contributed by atoms with Gasteiger partial charge >= 0.3 is 0 Å². The van der Waals surface area contributed by atoms with Gasteiger partial charge in [-0.2, -0.15) is 11.8 Å². The summed E-state index contributed by atoms with van der Waals surface area (Å²) in [7, 11) is 0. The molecule has 0 aliphatic heterocycles. The number of nitrogens with one attached hydrogen (secondary N) is 1. The van der Waals surface area contributed by atoms with Gasteiger partial charge in [0.25, 0.3) is 5.91 Å². The fraction of sp³-hybridized carbons (Fsp3) is 0.667. The SMILES string of the molecule is Cc1cc(C(=O)NCCSC2CCCC2)no1. The van der Waals surface area contributed by atoms with Gasteiger partial charge in [0.2, 0.25) is 0 Å². The first kappa shape index (κ1) is 12.5. The molecule has 1 fully saturated rings. The van der Waals surface area contributed by atoms with E-state index in [0.717, 1.165) is 11.0 Å². The molecule has 94 valence electrons. The molecule has 2 rings (SSSR count). The van der Waals surface area contributed by atoms with E-state index < -0.39 is 0 Å². The third kappa shape index (κ3) is 3.77. The Hall–Kier alpha value is -0.970. The molecule has 1 N–H and O–H groups in total. The second kappa shape index (κ2) is 6.10. The highest BCUT2D eigenvalue weighted by atomic mass is 32.2. The molecule has 0 aromatic carbocycles. The molecular weight excluding hydrogens is 236 g/mol. The van der Waals surface area contributed by atoms with E-state index in [0.29, 0.717) is 18.0 Å². The number of amides is 1. The standard InChI is InChI=1S/C12H18N2O2S/c1-9-8-11(14-16-9)12(15)13-6-7-17-10-4-2-3-5-10/h8,10H,2-7H2,1H3,(H,13,15). The third-order valence-corrected chi connectivity index (χ3v) is 4.29. The Labute approximate surface area is 106 Å². The Morgan fingerprint density at radius 1 is 1.59 bits per heavy atom. The van der Waals surface area contributed by atoms with E-state index >= 15 is 0 Å². The van der Waals surface area contributed by atoms with Crippen molar-refractivity contribution in [2.24, 2.45) is 0 Å². The summed E-state index contributed by atoms with van der Waals surface area (Å²) in [5, 5.41) is 7.34. The van der Waals surface area contributed by atoms with Gasteiger partial charge in [0.05, 0.1) is 0 Å². The number of aromatic nitrogens is 1. The lowest BCUT2D eigenvalue weighted by atomic mass is 10.3. The molecule has 1 aromatic heterocycles. The average Bonchev–Trinajstić information content (AvgIpc) is 2.95. The zero-order chi connectivity index (χ0) is 12.1. The van der Waals surface area contributed by atoms with Gasteiger partial charge in [-0.25, -0.2) is 0 Å². The molecule has 0 atom stereocenters. The summed E-state index contributed by atoms with van der Waals surface area (Å²) < 4.78 is 4.86. The van der Waals surface area contributed by atoms with E-state index in [4.69, 9.17) is 4.52 Å². The first-order valence-corrected chi connectivity index (χ1v) is 7.13. The van der Waals surface area contributed by atoms with Crippen LogP contribution in [0.3, 0.4) is 0 Å². The molecular formula is C12H18N2O2S. The molecule has 1 saturated carbocycles. The smallest absolute Gasteiger partial charge is 0.273 e. The normalized spacial score (nSPS) is 16.3. The van der Waals surface area contributed by atoms with E-state index in [1.807, 2.05) is 11.8 Å². The number of carbonyl (C=O) groups excluding carboxylic acids is 1. The van der Waals surface area contributed by atoms with Crippen LogP contribution in [0.1, 0.15) is 41.9 Å². The van der Waals surface area contributed by atoms with Crippen LogP contribution >= 0.6 is 11.8 Å². The molecule has 0 spiro atoms. The highest BCUT2D eigenvalue weighted by Crippen LogP contribution is 2.28. The molecule has 4 nitrogen and oxygen atoms in total. The van der Waals surface area contributed by atoms with Gasteiger partial charge in [0.15, 0.2) is 5.69 Å². The first-order chi connectivity index (χ1) is 8.25. The van der Waals surface area contributed by atoms with Crippen LogP contribution in [-0.2, 0) is 0 Å². The lowest BCUT2D eigenvalue weighted by molar-refractivity contribution is 0.0947. The van der Waals surface area contributed by atoms with Crippen molar-refractivity contribution in [1.82, 2.24) is 10.5 Å². The van der Waals surface area contributed by atoms with E-state index in [1.165, 1.54) is 25.7 Å². The molecule has 0 bridgehead atoms. The van der Waals surface area contributed by atoms with Gasteiger partial charge in [0, 0.05) is 23.6 Å². The van der Waals surface area contributed by atoms with Gasteiger partial charge in [-0.05, 0) is 19.8 Å². The number of rotatable bonds is 5. The molecule has 0 saturated heterocycles.